The standard InChI is InChI=1S/C18H22N4O3/c1-5-21-14-16(22(6-2)18(25)20-17(14)24)19-15(21)12-7-11(10(3)4)8-13(23)9-12/h7-10,23H,5-6H2,1-4H3,(H,20,24,25). The van der Waals surface area contributed by atoms with Gasteiger partial charge in [0.15, 0.2) is 11.2 Å². The van der Waals surface area contributed by atoms with E-state index in [1.165, 1.54) is 4.57 Å². The van der Waals surface area contributed by atoms with Crippen molar-refractivity contribution in [3.8, 4) is 17.1 Å². The van der Waals surface area contributed by atoms with Crippen molar-refractivity contribution in [1.82, 2.24) is 19.1 Å². The molecule has 2 aromatic heterocycles. The highest BCUT2D eigenvalue weighted by Gasteiger charge is 2.19. The molecule has 0 aliphatic carbocycles. The topological polar surface area (TPSA) is 92.9 Å². The fraction of sp³-hybridized carbons (Fsp3) is 0.389. The lowest BCUT2D eigenvalue weighted by Gasteiger charge is -2.10. The number of aromatic hydroxyl groups is 1. The second kappa shape index (κ2) is 6.23. The molecule has 25 heavy (non-hydrogen) atoms. The third-order valence-corrected chi connectivity index (χ3v) is 4.38. The highest BCUT2D eigenvalue weighted by molar-refractivity contribution is 5.77. The number of phenolic OH excluding ortho intramolecular Hbond substituents is 1. The number of hydrogen-bond acceptors (Lipinski definition) is 4. The van der Waals surface area contributed by atoms with Gasteiger partial charge in [-0.1, -0.05) is 13.8 Å². The molecule has 0 radical (unpaired) electrons. The van der Waals surface area contributed by atoms with Gasteiger partial charge in [0.25, 0.3) is 5.56 Å². The number of nitrogens with one attached hydrogen (secondary N) is 1. The number of imidazole rings is 1. The number of aryl methyl sites for hydroxylation is 2. The molecule has 1 aromatic carbocycles. The zero-order chi connectivity index (χ0) is 18.3. The highest BCUT2D eigenvalue weighted by atomic mass is 16.3. The maximum atomic E-state index is 12.4. The molecule has 0 saturated heterocycles. The van der Waals surface area contributed by atoms with E-state index >= 15 is 0 Å². The molecule has 3 rings (SSSR count). The maximum absolute atomic E-state index is 12.4. The van der Waals surface area contributed by atoms with Crippen LogP contribution in [0.25, 0.3) is 22.6 Å². The van der Waals surface area contributed by atoms with E-state index in [0.717, 1.165) is 11.1 Å². The number of aromatic nitrogens is 4. The lowest BCUT2D eigenvalue weighted by Crippen LogP contribution is -2.30. The molecule has 7 heteroatoms. The summed E-state index contributed by atoms with van der Waals surface area (Å²) in [5.41, 5.74) is 1.51. The number of H-pyrrole nitrogens is 1. The molecule has 0 aliphatic rings. The van der Waals surface area contributed by atoms with Crippen molar-refractivity contribution in [1.29, 1.82) is 0 Å². The van der Waals surface area contributed by atoms with Gasteiger partial charge in [-0.2, -0.15) is 0 Å². The van der Waals surface area contributed by atoms with Crippen molar-refractivity contribution in [2.75, 3.05) is 0 Å². The lowest BCUT2D eigenvalue weighted by molar-refractivity contribution is 0.474. The maximum Gasteiger partial charge on any atom is 0.330 e. The van der Waals surface area contributed by atoms with Crippen LogP contribution in [0.4, 0.5) is 0 Å². The van der Waals surface area contributed by atoms with E-state index < -0.39 is 11.2 Å². The molecular weight excluding hydrogens is 320 g/mol. The Bertz CT molecular complexity index is 1060. The predicted octanol–water partition coefficient (Wildman–Crippen LogP) is 2.42. The first-order chi connectivity index (χ1) is 11.9. The molecule has 3 aromatic rings. The average Bonchev–Trinajstić information content (AvgIpc) is 2.94. The normalized spacial score (nSPS) is 11.6. The molecule has 0 fully saturated rings. The van der Waals surface area contributed by atoms with Gasteiger partial charge in [-0.25, -0.2) is 9.78 Å². The molecule has 0 amide bonds. The third kappa shape index (κ3) is 2.75. The van der Waals surface area contributed by atoms with Gasteiger partial charge < -0.3 is 9.67 Å². The smallest absolute Gasteiger partial charge is 0.330 e. The van der Waals surface area contributed by atoms with Gasteiger partial charge in [-0.15, -0.1) is 0 Å². The van der Waals surface area contributed by atoms with E-state index in [2.05, 4.69) is 9.97 Å². The Morgan fingerprint density at radius 1 is 1.12 bits per heavy atom. The molecule has 132 valence electrons. The molecule has 0 atom stereocenters. The number of phenols is 1. The van der Waals surface area contributed by atoms with Gasteiger partial charge in [-0.3, -0.25) is 14.3 Å². The van der Waals surface area contributed by atoms with Gasteiger partial charge in [0.2, 0.25) is 0 Å². The van der Waals surface area contributed by atoms with Crippen LogP contribution in [-0.4, -0.2) is 24.2 Å². The highest BCUT2D eigenvalue weighted by Crippen LogP contribution is 2.29. The molecule has 7 nitrogen and oxygen atoms in total. The Hall–Kier alpha value is -2.83. The minimum absolute atomic E-state index is 0.151. The molecule has 2 N–H and O–H groups in total. The summed E-state index contributed by atoms with van der Waals surface area (Å²) in [6, 6.07) is 5.31. The van der Waals surface area contributed by atoms with Crippen molar-refractivity contribution in [2.45, 2.75) is 46.7 Å². The summed E-state index contributed by atoms with van der Waals surface area (Å²) in [6.45, 7) is 8.75. The lowest BCUT2D eigenvalue weighted by atomic mass is 10.00. The molecular formula is C18H22N4O3. The summed E-state index contributed by atoms with van der Waals surface area (Å²) in [5.74, 6) is 0.953. The minimum atomic E-state index is -0.467. The summed E-state index contributed by atoms with van der Waals surface area (Å²) in [4.78, 5) is 31.3. The monoisotopic (exact) mass is 342 g/mol. The summed E-state index contributed by atoms with van der Waals surface area (Å²) in [6.07, 6.45) is 0. The van der Waals surface area contributed by atoms with Gasteiger partial charge in [0.05, 0.1) is 0 Å². The van der Waals surface area contributed by atoms with Crippen LogP contribution < -0.4 is 11.2 Å². The van der Waals surface area contributed by atoms with E-state index in [4.69, 9.17) is 0 Å². The molecule has 0 spiro atoms. The first-order valence-corrected chi connectivity index (χ1v) is 8.45. The third-order valence-electron chi connectivity index (χ3n) is 4.38. The summed E-state index contributed by atoms with van der Waals surface area (Å²) >= 11 is 0. The Kier molecular flexibility index (Phi) is 4.24. The van der Waals surface area contributed by atoms with Crippen LogP contribution in [0.2, 0.25) is 0 Å². The van der Waals surface area contributed by atoms with Gasteiger partial charge in [0.1, 0.15) is 11.6 Å². The van der Waals surface area contributed by atoms with Crippen LogP contribution >= 0.6 is 0 Å². The fourth-order valence-corrected chi connectivity index (χ4v) is 3.09. The Morgan fingerprint density at radius 3 is 2.40 bits per heavy atom. The number of hydrogen-bond donors (Lipinski definition) is 2. The van der Waals surface area contributed by atoms with Crippen LogP contribution in [0.1, 0.15) is 39.2 Å². The molecule has 0 aliphatic heterocycles. The van der Waals surface area contributed by atoms with Crippen LogP contribution in [0.15, 0.2) is 27.8 Å². The number of fused-ring (bicyclic) bond motifs is 1. The van der Waals surface area contributed by atoms with Crippen molar-refractivity contribution >= 4 is 11.2 Å². The van der Waals surface area contributed by atoms with Gasteiger partial charge in [-0.05, 0) is 43.5 Å². The first-order valence-electron chi connectivity index (χ1n) is 8.45. The summed E-state index contributed by atoms with van der Waals surface area (Å²) in [5, 5.41) is 10.1. The van der Waals surface area contributed by atoms with E-state index in [9.17, 15) is 14.7 Å². The first kappa shape index (κ1) is 17.0. The Morgan fingerprint density at radius 2 is 1.80 bits per heavy atom. The molecule has 0 unspecified atom stereocenters. The minimum Gasteiger partial charge on any atom is -0.508 e. The SMILES string of the molecule is CCn1c(-c2cc(O)cc(C(C)C)c2)nc2c1c(=O)[nH]c(=O)n2CC. The number of nitrogens with zero attached hydrogens (tertiary/aromatic N) is 3. The zero-order valence-electron chi connectivity index (χ0n) is 14.8. The van der Waals surface area contributed by atoms with Crippen molar-refractivity contribution < 1.29 is 5.11 Å². The number of rotatable bonds is 4. The largest absolute Gasteiger partial charge is 0.508 e. The Balaban J connectivity index is 2.40. The number of aromatic amines is 1. The van der Waals surface area contributed by atoms with Crippen LogP contribution in [0.3, 0.4) is 0 Å². The number of benzene rings is 1. The van der Waals surface area contributed by atoms with Crippen molar-refractivity contribution in [2.24, 2.45) is 0 Å². The molecule has 0 saturated carbocycles. The second-order valence-corrected chi connectivity index (χ2v) is 6.32. The van der Waals surface area contributed by atoms with E-state index in [1.54, 1.807) is 16.7 Å². The van der Waals surface area contributed by atoms with E-state index in [1.807, 2.05) is 33.8 Å². The molecule has 2 heterocycles. The molecule has 0 bridgehead atoms. The fourth-order valence-electron chi connectivity index (χ4n) is 3.09. The van der Waals surface area contributed by atoms with E-state index in [0.29, 0.717) is 30.1 Å². The van der Waals surface area contributed by atoms with Gasteiger partial charge in [0, 0.05) is 18.7 Å². The van der Waals surface area contributed by atoms with Crippen LogP contribution in [-0.2, 0) is 13.1 Å². The van der Waals surface area contributed by atoms with Gasteiger partial charge >= 0.3 is 5.69 Å². The summed E-state index contributed by atoms with van der Waals surface area (Å²) < 4.78 is 3.22. The van der Waals surface area contributed by atoms with Crippen molar-refractivity contribution in [3.05, 3.63) is 44.6 Å². The average molecular weight is 342 g/mol. The quantitative estimate of drug-likeness (QED) is 0.761. The van der Waals surface area contributed by atoms with Crippen molar-refractivity contribution in [3.63, 3.8) is 0 Å². The summed E-state index contributed by atoms with van der Waals surface area (Å²) in [7, 11) is 0. The second-order valence-electron chi connectivity index (χ2n) is 6.32. The Labute approximate surface area is 144 Å². The predicted molar refractivity (Wildman–Crippen MR) is 97.2 cm³/mol. The van der Waals surface area contributed by atoms with E-state index in [-0.39, 0.29) is 11.7 Å². The van der Waals surface area contributed by atoms with Crippen LogP contribution in [0, 0.1) is 0 Å². The zero-order valence-corrected chi connectivity index (χ0v) is 14.8. The van der Waals surface area contributed by atoms with Crippen LogP contribution in [0.5, 0.6) is 5.75 Å².